The summed E-state index contributed by atoms with van der Waals surface area (Å²) in [7, 11) is 0. The Labute approximate surface area is 137 Å². The van der Waals surface area contributed by atoms with Gasteiger partial charge < -0.3 is 15.1 Å². The maximum Gasteiger partial charge on any atom is 0.193 e. The monoisotopic (exact) mass is 308 g/mol. The van der Waals surface area contributed by atoms with Crippen LogP contribution in [0, 0.1) is 17.8 Å². The molecule has 2 heterocycles. The van der Waals surface area contributed by atoms with Gasteiger partial charge in [0.25, 0.3) is 0 Å². The smallest absolute Gasteiger partial charge is 0.193 e. The molecule has 0 spiro atoms. The second-order valence-corrected chi connectivity index (χ2v) is 7.45. The predicted octanol–water partition coefficient (Wildman–Crippen LogP) is 2.66. The van der Waals surface area contributed by atoms with Crippen molar-refractivity contribution in [3.8, 4) is 0 Å². The van der Waals surface area contributed by atoms with Gasteiger partial charge in [-0.1, -0.05) is 20.8 Å². The van der Waals surface area contributed by atoms with Gasteiger partial charge in [0.15, 0.2) is 5.96 Å². The Morgan fingerprint density at radius 1 is 1.14 bits per heavy atom. The standard InChI is InChI=1S/C18H36N4/c1-5-19-18(22-12-15(3)10-16(4)13-22)20-11-17-8-7-9-21(6-2)14-17/h15-17H,5-14H2,1-4H3,(H,19,20). The number of hydrogen-bond donors (Lipinski definition) is 1. The highest BCUT2D eigenvalue weighted by molar-refractivity contribution is 5.80. The Hall–Kier alpha value is -0.770. The molecule has 4 heteroatoms. The van der Waals surface area contributed by atoms with E-state index in [2.05, 4.69) is 42.8 Å². The third-order valence-corrected chi connectivity index (χ3v) is 5.05. The fourth-order valence-electron chi connectivity index (χ4n) is 4.06. The topological polar surface area (TPSA) is 30.9 Å². The Kier molecular flexibility index (Phi) is 7.00. The zero-order chi connectivity index (χ0) is 15.9. The molecule has 22 heavy (non-hydrogen) atoms. The third-order valence-electron chi connectivity index (χ3n) is 5.05. The van der Waals surface area contributed by atoms with E-state index < -0.39 is 0 Å². The summed E-state index contributed by atoms with van der Waals surface area (Å²) < 4.78 is 0. The van der Waals surface area contributed by atoms with E-state index in [1.165, 1.54) is 38.9 Å². The zero-order valence-corrected chi connectivity index (χ0v) is 15.1. The molecule has 0 aromatic carbocycles. The van der Waals surface area contributed by atoms with E-state index in [1.54, 1.807) is 0 Å². The van der Waals surface area contributed by atoms with Gasteiger partial charge in [0, 0.05) is 32.7 Å². The first kappa shape index (κ1) is 17.6. The summed E-state index contributed by atoms with van der Waals surface area (Å²) in [4.78, 5) is 10.1. The number of piperidine rings is 2. The van der Waals surface area contributed by atoms with Gasteiger partial charge in [-0.25, -0.2) is 0 Å². The Morgan fingerprint density at radius 2 is 1.86 bits per heavy atom. The summed E-state index contributed by atoms with van der Waals surface area (Å²) in [5.41, 5.74) is 0. The molecule has 0 bridgehead atoms. The molecule has 0 amide bonds. The highest BCUT2D eigenvalue weighted by Gasteiger charge is 2.24. The van der Waals surface area contributed by atoms with Crippen LogP contribution in [-0.4, -0.2) is 61.6 Å². The highest BCUT2D eigenvalue weighted by atomic mass is 15.3. The van der Waals surface area contributed by atoms with Crippen molar-refractivity contribution in [3.63, 3.8) is 0 Å². The number of nitrogens with one attached hydrogen (secondary N) is 1. The van der Waals surface area contributed by atoms with Crippen molar-refractivity contribution in [2.75, 3.05) is 45.8 Å². The summed E-state index contributed by atoms with van der Waals surface area (Å²) in [6, 6.07) is 0. The molecular formula is C18H36N4. The molecular weight excluding hydrogens is 272 g/mol. The van der Waals surface area contributed by atoms with Crippen molar-refractivity contribution < 1.29 is 0 Å². The molecule has 0 aliphatic carbocycles. The van der Waals surface area contributed by atoms with E-state index in [-0.39, 0.29) is 0 Å². The average molecular weight is 309 g/mol. The van der Waals surface area contributed by atoms with Crippen molar-refractivity contribution in [1.82, 2.24) is 15.1 Å². The van der Waals surface area contributed by atoms with Gasteiger partial charge in [0.2, 0.25) is 0 Å². The van der Waals surface area contributed by atoms with E-state index in [0.29, 0.717) is 0 Å². The largest absolute Gasteiger partial charge is 0.357 e. The van der Waals surface area contributed by atoms with Crippen LogP contribution in [0.25, 0.3) is 0 Å². The molecule has 2 rings (SSSR count). The van der Waals surface area contributed by atoms with Crippen LogP contribution < -0.4 is 5.32 Å². The van der Waals surface area contributed by atoms with Gasteiger partial charge in [0.05, 0.1) is 0 Å². The fraction of sp³-hybridized carbons (Fsp3) is 0.944. The first-order valence-electron chi connectivity index (χ1n) is 9.37. The molecule has 3 unspecified atom stereocenters. The van der Waals surface area contributed by atoms with Gasteiger partial charge in [-0.15, -0.1) is 0 Å². The number of nitrogens with zero attached hydrogens (tertiary/aromatic N) is 3. The van der Waals surface area contributed by atoms with Crippen LogP contribution in [0.2, 0.25) is 0 Å². The SMILES string of the molecule is CCNC(=NCC1CCCN(CC)C1)N1CC(C)CC(C)C1. The minimum absolute atomic E-state index is 0.738. The first-order valence-corrected chi connectivity index (χ1v) is 9.37. The van der Waals surface area contributed by atoms with Crippen LogP contribution >= 0.6 is 0 Å². The van der Waals surface area contributed by atoms with Gasteiger partial charge in [-0.2, -0.15) is 0 Å². The highest BCUT2D eigenvalue weighted by Crippen LogP contribution is 2.21. The minimum Gasteiger partial charge on any atom is -0.357 e. The van der Waals surface area contributed by atoms with Crippen LogP contribution in [0.1, 0.15) is 47.0 Å². The average Bonchev–Trinajstić information content (AvgIpc) is 2.50. The molecule has 2 aliphatic rings. The van der Waals surface area contributed by atoms with Crippen LogP contribution in [0.3, 0.4) is 0 Å². The Bertz CT molecular complexity index is 345. The normalized spacial score (nSPS) is 31.4. The van der Waals surface area contributed by atoms with Crippen molar-refractivity contribution >= 4 is 5.96 Å². The number of aliphatic imine (C=N–C) groups is 1. The lowest BCUT2D eigenvalue weighted by molar-refractivity contribution is 0.184. The molecule has 0 aromatic rings. The summed E-state index contributed by atoms with van der Waals surface area (Å²) in [6.45, 7) is 17.1. The molecule has 4 nitrogen and oxygen atoms in total. The lowest BCUT2D eigenvalue weighted by Crippen LogP contribution is -2.48. The quantitative estimate of drug-likeness (QED) is 0.640. The van der Waals surface area contributed by atoms with Gasteiger partial charge in [-0.05, 0) is 57.0 Å². The molecule has 2 saturated heterocycles. The maximum absolute atomic E-state index is 5.00. The molecule has 2 fully saturated rings. The number of rotatable bonds is 4. The van der Waals surface area contributed by atoms with Gasteiger partial charge in [-0.3, -0.25) is 4.99 Å². The Morgan fingerprint density at radius 3 is 2.50 bits per heavy atom. The van der Waals surface area contributed by atoms with E-state index in [0.717, 1.165) is 49.9 Å². The van der Waals surface area contributed by atoms with E-state index in [4.69, 9.17) is 4.99 Å². The zero-order valence-electron chi connectivity index (χ0n) is 15.1. The van der Waals surface area contributed by atoms with Gasteiger partial charge >= 0.3 is 0 Å². The summed E-state index contributed by atoms with van der Waals surface area (Å²) >= 11 is 0. The van der Waals surface area contributed by atoms with Gasteiger partial charge in [0.1, 0.15) is 0 Å². The molecule has 0 saturated carbocycles. The maximum atomic E-state index is 5.00. The Balaban J connectivity index is 1.94. The molecule has 128 valence electrons. The van der Waals surface area contributed by atoms with Crippen molar-refractivity contribution in [2.24, 2.45) is 22.7 Å². The number of guanidine groups is 1. The second-order valence-electron chi connectivity index (χ2n) is 7.45. The fourth-order valence-corrected chi connectivity index (χ4v) is 4.06. The first-order chi connectivity index (χ1) is 10.6. The predicted molar refractivity (Wildman–Crippen MR) is 95.3 cm³/mol. The summed E-state index contributed by atoms with van der Waals surface area (Å²) in [5, 5.41) is 3.52. The molecule has 1 N–H and O–H groups in total. The molecule has 2 aliphatic heterocycles. The minimum atomic E-state index is 0.738. The number of likely N-dealkylation sites (tertiary alicyclic amines) is 2. The molecule has 3 atom stereocenters. The summed E-state index contributed by atoms with van der Waals surface area (Å²) in [6.07, 6.45) is 4.03. The second kappa shape index (κ2) is 8.76. The lowest BCUT2D eigenvalue weighted by atomic mass is 9.92. The van der Waals surface area contributed by atoms with E-state index in [9.17, 15) is 0 Å². The molecule has 0 radical (unpaired) electrons. The van der Waals surface area contributed by atoms with Crippen molar-refractivity contribution in [1.29, 1.82) is 0 Å². The van der Waals surface area contributed by atoms with Crippen molar-refractivity contribution in [3.05, 3.63) is 0 Å². The van der Waals surface area contributed by atoms with Crippen LogP contribution in [0.15, 0.2) is 4.99 Å². The van der Waals surface area contributed by atoms with E-state index >= 15 is 0 Å². The van der Waals surface area contributed by atoms with Crippen molar-refractivity contribution in [2.45, 2.75) is 47.0 Å². The third kappa shape index (κ3) is 5.15. The number of hydrogen-bond acceptors (Lipinski definition) is 2. The van der Waals surface area contributed by atoms with Crippen LogP contribution in [0.5, 0.6) is 0 Å². The van der Waals surface area contributed by atoms with E-state index in [1.807, 2.05) is 0 Å². The lowest BCUT2D eigenvalue weighted by Gasteiger charge is -2.37. The molecule has 0 aromatic heterocycles. The summed E-state index contributed by atoms with van der Waals surface area (Å²) in [5.74, 6) is 3.44. The van der Waals surface area contributed by atoms with Crippen LogP contribution in [-0.2, 0) is 0 Å². The van der Waals surface area contributed by atoms with Crippen LogP contribution in [0.4, 0.5) is 0 Å².